The van der Waals surface area contributed by atoms with E-state index >= 15 is 0 Å². The molecular weight excluding hydrogens is 590 g/mol. The maximum Gasteiger partial charge on any atom is 0.295 e. The number of para-hydroxylation sites is 1. The average molecular weight is 608 g/mol. The number of nitro benzene ring substituents is 1. The highest BCUT2D eigenvalue weighted by atomic mass is 32.2. The van der Waals surface area contributed by atoms with E-state index in [0.29, 0.717) is 6.07 Å². The van der Waals surface area contributed by atoms with Gasteiger partial charge >= 0.3 is 0 Å². The molecule has 5 rings (SSSR count). The van der Waals surface area contributed by atoms with Crippen molar-refractivity contribution in [2.24, 2.45) is 0 Å². The van der Waals surface area contributed by atoms with Gasteiger partial charge in [-0.3, -0.25) is 23.8 Å². The Kier molecular flexibility index (Phi) is 6.07. The smallest absolute Gasteiger partial charge is 0.295 e. The van der Waals surface area contributed by atoms with Crippen molar-refractivity contribution in [3.05, 3.63) is 75.8 Å². The van der Waals surface area contributed by atoms with Crippen molar-refractivity contribution < 1.29 is 48.9 Å². The lowest BCUT2D eigenvalue weighted by atomic mass is 9.86. The molecule has 4 N–H and O–H groups in total. The lowest BCUT2D eigenvalue weighted by Crippen LogP contribution is -2.11. The van der Waals surface area contributed by atoms with Crippen molar-refractivity contribution in [1.29, 1.82) is 0 Å². The molecule has 5 aromatic carbocycles. The summed E-state index contributed by atoms with van der Waals surface area (Å²) >= 11 is 0. The van der Waals surface area contributed by atoms with Crippen LogP contribution in [0.3, 0.4) is 0 Å². The van der Waals surface area contributed by atoms with Gasteiger partial charge in [-0.05, 0) is 12.1 Å². The van der Waals surface area contributed by atoms with Gasteiger partial charge in [0.1, 0.15) is 20.4 Å². The first-order chi connectivity index (χ1) is 18.4. The Bertz CT molecular complexity index is 2190. The van der Waals surface area contributed by atoms with Crippen LogP contribution in [-0.4, -0.2) is 48.9 Å². The summed E-state index contributed by atoms with van der Waals surface area (Å²) in [6, 6.07) is 10.4. The normalized spacial score (nSPS) is 13.8. The second-order valence-electron chi connectivity index (χ2n) is 9.00. The summed E-state index contributed by atoms with van der Waals surface area (Å²) in [6.07, 6.45) is 0. The van der Waals surface area contributed by atoms with Crippen LogP contribution in [0.15, 0.2) is 69.3 Å². The summed E-state index contributed by atoms with van der Waals surface area (Å²) in [5, 5.41) is 21.6. The molecule has 1 unspecified atom stereocenters. The van der Waals surface area contributed by atoms with E-state index < -0.39 is 72.9 Å². The quantitative estimate of drug-likeness (QED) is 0.0926. The second-order valence-corrected chi connectivity index (χ2v) is 13.1. The van der Waals surface area contributed by atoms with Crippen molar-refractivity contribution in [3.8, 4) is 5.75 Å². The van der Waals surface area contributed by atoms with Crippen LogP contribution in [0.5, 0.6) is 5.75 Å². The molecule has 0 spiro atoms. The van der Waals surface area contributed by atoms with Gasteiger partial charge < -0.3 is 5.11 Å². The predicted molar refractivity (Wildman–Crippen MR) is 142 cm³/mol. The minimum Gasteiger partial charge on any atom is -0.507 e. The van der Waals surface area contributed by atoms with E-state index in [4.69, 9.17) is 0 Å². The molecule has 0 radical (unpaired) electrons. The van der Waals surface area contributed by atoms with Crippen LogP contribution < -0.4 is 0 Å². The van der Waals surface area contributed by atoms with Gasteiger partial charge in [0.15, 0.2) is 0 Å². The van der Waals surface area contributed by atoms with Crippen LogP contribution in [-0.2, 0) is 30.4 Å². The number of hydrogen-bond donors (Lipinski definition) is 4. The molecular formula is C24H17NO12S3. The summed E-state index contributed by atoms with van der Waals surface area (Å²) in [6.45, 7) is 1.37. The van der Waals surface area contributed by atoms with Gasteiger partial charge in [0.25, 0.3) is 36.0 Å². The molecule has 0 aliphatic heterocycles. The summed E-state index contributed by atoms with van der Waals surface area (Å²) in [7, 11) is -15.4. The van der Waals surface area contributed by atoms with E-state index in [1.54, 1.807) is 0 Å². The van der Waals surface area contributed by atoms with Crippen LogP contribution >= 0.6 is 0 Å². The first-order valence-corrected chi connectivity index (χ1v) is 15.4. The van der Waals surface area contributed by atoms with Gasteiger partial charge in [-0.1, -0.05) is 43.3 Å². The number of benzene rings is 5. The first kappa shape index (κ1) is 27.6. The van der Waals surface area contributed by atoms with Gasteiger partial charge in [-0.25, -0.2) is 0 Å². The zero-order valence-electron chi connectivity index (χ0n) is 20.0. The van der Waals surface area contributed by atoms with E-state index in [9.17, 15) is 54.1 Å². The number of hydrogen-bond acceptors (Lipinski definition) is 9. The minimum atomic E-state index is -5.21. The third-order valence-electron chi connectivity index (χ3n) is 6.80. The SMILES string of the molecule is CC(c1ccccc1[N+](=O)[O-])c1c(O)c2ccc3c(S(=O)(=O)O)cc(S(=O)(=O)O)c4ccc(c1S(=O)(=O)O)c2c34. The first-order valence-electron chi connectivity index (χ1n) is 11.1. The highest BCUT2D eigenvalue weighted by Gasteiger charge is 2.34. The Morgan fingerprint density at radius 3 is 1.70 bits per heavy atom. The molecule has 0 saturated carbocycles. The van der Waals surface area contributed by atoms with Crippen LogP contribution in [0.25, 0.3) is 32.3 Å². The van der Waals surface area contributed by atoms with Crippen molar-refractivity contribution in [3.63, 3.8) is 0 Å². The van der Waals surface area contributed by atoms with Crippen LogP contribution in [0, 0.1) is 10.1 Å². The molecule has 40 heavy (non-hydrogen) atoms. The molecule has 0 aliphatic carbocycles. The van der Waals surface area contributed by atoms with E-state index in [-0.39, 0.29) is 37.9 Å². The molecule has 0 bridgehead atoms. The molecule has 16 heteroatoms. The standard InChI is InChI=1S/C24H17NO12S3/c1-11(12-4-2-3-5-17(12)25(27)28)20-23(26)15-8-6-13-18(38(29,30)31)10-19(39(32,33)34)14-7-9-16(22(15)21(13)14)24(20)40(35,36)37/h2-11,26H,1H3,(H,29,30,31)(H,32,33,34)(H,35,36,37). The molecule has 13 nitrogen and oxygen atoms in total. The van der Waals surface area contributed by atoms with Crippen LogP contribution in [0.2, 0.25) is 0 Å². The van der Waals surface area contributed by atoms with E-state index in [0.717, 1.165) is 18.2 Å². The lowest BCUT2D eigenvalue weighted by Gasteiger charge is -2.23. The number of rotatable bonds is 6. The highest BCUT2D eigenvalue weighted by molar-refractivity contribution is 7.87. The fraction of sp³-hybridized carbons (Fsp3) is 0.0833. The van der Waals surface area contributed by atoms with Gasteiger partial charge in [-0.2, -0.15) is 25.3 Å². The van der Waals surface area contributed by atoms with Crippen molar-refractivity contribution >= 4 is 68.4 Å². The van der Waals surface area contributed by atoms with Gasteiger partial charge in [0.2, 0.25) is 0 Å². The molecule has 0 saturated heterocycles. The Morgan fingerprint density at radius 2 is 1.20 bits per heavy atom. The Labute approximate surface area is 226 Å². The molecule has 0 heterocycles. The second kappa shape index (κ2) is 8.79. The topological polar surface area (TPSA) is 226 Å². The minimum absolute atomic E-state index is 0.00263. The summed E-state index contributed by atoms with van der Waals surface area (Å²) in [5.74, 6) is -1.94. The van der Waals surface area contributed by atoms with Crippen molar-refractivity contribution in [2.45, 2.75) is 27.5 Å². The van der Waals surface area contributed by atoms with Gasteiger partial charge in [0.05, 0.1) is 4.92 Å². The zero-order valence-corrected chi connectivity index (χ0v) is 22.4. The molecule has 0 aliphatic rings. The van der Waals surface area contributed by atoms with Crippen molar-refractivity contribution in [2.75, 3.05) is 0 Å². The molecule has 0 aromatic heterocycles. The van der Waals surface area contributed by atoms with Crippen LogP contribution in [0.4, 0.5) is 5.69 Å². The van der Waals surface area contributed by atoms with E-state index in [2.05, 4.69) is 0 Å². The average Bonchev–Trinajstić information content (AvgIpc) is 2.85. The molecule has 1 atom stereocenters. The number of phenolic OH excluding ortho intramolecular Hbond substituents is 1. The maximum absolute atomic E-state index is 12.8. The fourth-order valence-corrected chi connectivity index (χ4v) is 7.75. The Morgan fingerprint density at radius 1 is 0.725 bits per heavy atom. The Hall–Kier alpha value is -3.93. The zero-order chi connectivity index (χ0) is 29.5. The molecule has 5 aromatic rings. The summed E-state index contributed by atoms with van der Waals surface area (Å²) < 4.78 is 104. The molecule has 0 fully saturated rings. The van der Waals surface area contributed by atoms with E-state index in [1.807, 2.05) is 0 Å². The van der Waals surface area contributed by atoms with Gasteiger partial charge in [0, 0.05) is 55.4 Å². The Balaban J connectivity index is 2.07. The maximum atomic E-state index is 12.8. The fourth-order valence-electron chi connectivity index (χ4n) is 5.25. The number of aromatic hydroxyl groups is 1. The molecule has 208 valence electrons. The summed E-state index contributed by atoms with van der Waals surface area (Å²) in [5.41, 5.74) is -0.799. The van der Waals surface area contributed by atoms with E-state index in [1.165, 1.54) is 37.3 Å². The monoisotopic (exact) mass is 607 g/mol. The highest BCUT2D eigenvalue weighted by Crippen LogP contribution is 2.50. The number of phenols is 1. The lowest BCUT2D eigenvalue weighted by molar-refractivity contribution is -0.385. The van der Waals surface area contributed by atoms with Crippen LogP contribution in [0.1, 0.15) is 24.0 Å². The molecule has 0 amide bonds. The van der Waals surface area contributed by atoms with Gasteiger partial charge in [-0.15, -0.1) is 0 Å². The largest absolute Gasteiger partial charge is 0.507 e. The third kappa shape index (κ3) is 4.12. The predicted octanol–water partition coefficient (Wildman–Crippen LogP) is 4.09. The third-order valence-corrected chi connectivity index (χ3v) is 9.54. The number of nitro groups is 1. The number of nitrogens with zero attached hydrogens (tertiary/aromatic N) is 1. The summed E-state index contributed by atoms with van der Waals surface area (Å²) in [4.78, 5) is 8.26. The van der Waals surface area contributed by atoms with Crippen molar-refractivity contribution in [1.82, 2.24) is 0 Å².